The third-order valence-electron chi connectivity index (χ3n) is 3.59. The molecular weight excluding hydrogens is 260 g/mol. The molecular formula is C17H24N4. The third-order valence-corrected chi connectivity index (χ3v) is 3.59. The molecule has 4 nitrogen and oxygen atoms in total. The maximum Gasteiger partial charge on any atom is 0.131 e. The van der Waals surface area contributed by atoms with E-state index >= 15 is 0 Å². The van der Waals surface area contributed by atoms with Crippen molar-refractivity contribution < 1.29 is 0 Å². The average molecular weight is 284 g/mol. The van der Waals surface area contributed by atoms with Crippen molar-refractivity contribution in [1.82, 2.24) is 9.97 Å². The number of para-hydroxylation sites is 1. The summed E-state index contributed by atoms with van der Waals surface area (Å²) < 4.78 is 0. The molecule has 2 N–H and O–H groups in total. The van der Waals surface area contributed by atoms with E-state index in [1.165, 1.54) is 11.3 Å². The van der Waals surface area contributed by atoms with Gasteiger partial charge in [0.15, 0.2) is 0 Å². The molecule has 0 spiro atoms. The fraction of sp³-hybridized carbons (Fsp3) is 0.412. The molecule has 1 aromatic carbocycles. The van der Waals surface area contributed by atoms with Crippen molar-refractivity contribution in [2.75, 3.05) is 11.4 Å². The van der Waals surface area contributed by atoms with Gasteiger partial charge in [-0.3, -0.25) is 0 Å². The zero-order valence-electron chi connectivity index (χ0n) is 13.3. The maximum absolute atomic E-state index is 5.91. The Morgan fingerprint density at radius 2 is 1.90 bits per heavy atom. The second kappa shape index (κ2) is 6.68. The van der Waals surface area contributed by atoms with E-state index in [0.29, 0.717) is 12.5 Å². The summed E-state index contributed by atoms with van der Waals surface area (Å²) in [7, 11) is 0. The van der Waals surface area contributed by atoms with E-state index in [-0.39, 0.29) is 0 Å². The molecule has 21 heavy (non-hydrogen) atoms. The number of benzene rings is 1. The minimum absolute atomic E-state index is 0.304. The molecule has 0 aliphatic carbocycles. The first kappa shape index (κ1) is 15.4. The summed E-state index contributed by atoms with van der Waals surface area (Å²) in [5.74, 6) is 1.15. The van der Waals surface area contributed by atoms with Gasteiger partial charge in [-0.15, -0.1) is 0 Å². The molecule has 2 rings (SSSR count). The van der Waals surface area contributed by atoms with Crippen molar-refractivity contribution in [3.63, 3.8) is 0 Å². The molecule has 0 bridgehead atoms. The van der Waals surface area contributed by atoms with Crippen molar-refractivity contribution in [3.05, 3.63) is 47.5 Å². The largest absolute Gasteiger partial charge is 0.339 e. The van der Waals surface area contributed by atoms with E-state index in [1.54, 1.807) is 0 Å². The summed E-state index contributed by atoms with van der Waals surface area (Å²) in [6.45, 7) is 9.69. The zero-order chi connectivity index (χ0) is 15.4. The highest BCUT2D eigenvalue weighted by Gasteiger charge is 2.16. The number of rotatable bonds is 5. The van der Waals surface area contributed by atoms with Gasteiger partial charge in [0.25, 0.3) is 0 Å². The highest BCUT2D eigenvalue weighted by molar-refractivity contribution is 5.67. The van der Waals surface area contributed by atoms with Crippen LogP contribution in [0.3, 0.4) is 0 Å². The molecule has 112 valence electrons. The quantitative estimate of drug-likeness (QED) is 0.912. The minimum Gasteiger partial charge on any atom is -0.339 e. The summed E-state index contributed by atoms with van der Waals surface area (Å²) in [5, 5.41) is 0. The van der Waals surface area contributed by atoms with Gasteiger partial charge in [-0.1, -0.05) is 32.0 Å². The Morgan fingerprint density at radius 1 is 1.19 bits per heavy atom. The standard InChI is InChI=1S/C17H24N4/c1-5-21(15-9-7-6-8-13(15)4)16-11-19-17(12(2)3)20-14(16)10-18/h6-9,11-12H,5,10,18H2,1-4H3. The molecule has 0 fully saturated rings. The van der Waals surface area contributed by atoms with Crippen LogP contribution in [0.5, 0.6) is 0 Å². The van der Waals surface area contributed by atoms with Crippen LogP contribution in [0.4, 0.5) is 11.4 Å². The molecule has 4 heteroatoms. The molecule has 0 unspecified atom stereocenters. The maximum atomic E-state index is 5.91. The van der Waals surface area contributed by atoms with Crippen LogP contribution in [0.2, 0.25) is 0 Å². The lowest BCUT2D eigenvalue weighted by Gasteiger charge is -2.26. The van der Waals surface area contributed by atoms with Crippen molar-refractivity contribution in [3.8, 4) is 0 Å². The molecule has 2 aromatic rings. The number of aromatic nitrogens is 2. The summed E-state index contributed by atoms with van der Waals surface area (Å²) in [6, 6.07) is 8.34. The summed E-state index contributed by atoms with van der Waals surface area (Å²) in [6.07, 6.45) is 1.90. The van der Waals surface area contributed by atoms with Crippen LogP contribution >= 0.6 is 0 Å². The number of nitrogens with two attached hydrogens (primary N) is 1. The van der Waals surface area contributed by atoms with E-state index in [9.17, 15) is 0 Å². The van der Waals surface area contributed by atoms with Crippen LogP contribution in [-0.4, -0.2) is 16.5 Å². The number of anilines is 2. The first-order valence-corrected chi connectivity index (χ1v) is 7.47. The molecule has 1 aromatic heterocycles. The third kappa shape index (κ3) is 3.22. The summed E-state index contributed by atoms with van der Waals surface area (Å²) in [4.78, 5) is 11.4. The summed E-state index contributed by atoms with van der Waals surface area (Å²) in [5.41, 5.74) is 10.2. The van der Waals surface area contributed by atoms with Gasteiger partial charge in [0, 0.05) is 24.7 Å². The number of aryl methyl sites for hydroxylation is 1. The Kier molecular flexibility index (Phi) is 4.91. The highest BCUT2D eigenvalue weighted by Crippen LogP contribution is 2.30. The molecule has 0 atom stereocenters. The van der Waals surface area contributed by atoms with Crippen molar-refractivity contribution >= 4 is 11.4 Å². The Hall–Kier alpha value is -1.94. The molecule has 0 amide bonds. The molecule has 0 saturated carbocycles. The van der Waals surface area contributed by atoms with Gasteiger partial charge < -0.3 is 10.6 Å². The highest BCUT2D eigenvalue weighted by atomic mass is 15.2. The molecule has 0 radical (unpaired) electrons. The molecule has 0 saturated heterocycles. The van der Waals surface area contributed by atoms with Gasteiger partial charge in [0.05, 0.1) is 17.6 Å². The van der Waals surface area contributed by atoms with Gasteiger partial charge in [-0.05, 0) is 25.5 Å². The lowest BCUT2D eigenvalue weighted by atomic mass is 10.1. The number of nitrogens with zero attached hydrogens (tertiary/aromatic N) is 3. The SMILES string of the molecule is CCN(c1ccccc1C)c1cnc(C(C)C)nc1CN. The molecule has 0 aliphatic rings. The number of hydrogen-bond donors (Lipinski definition) is 1. The topological polar surface area (TPSA) is 55.0 Å². The second-order valence-corrected chi connectivity index (χ2v) is 5.45. The van der Waals surface area contributed by atoms with Crippen LogP contribution in [0.25, 0.3) is 0 Å². The normalized spacial score (nSPS) is 11.0. The van der Waals surface area contributed by atoms with Crippen LogP contribution in [-0.2, 0) is 6.54 Å². The summed E-state index contributed by atoms with van der Waals surface area (Å²) >= 11 is 0. The van der Waals surface area contributed by atoms with E-state index < -0.39 is 0 Å². The van der Waals surface area contributed by atoms with Crippen LogP contribution in [0, 0.1) is 6.92 Å². The van der Waals surface area contributed by atoms with Gasteiger partial charge >= 0.3 is 0 Å². The van der Waals surface area contributed by atoms with Gasteiger partial charge in [0.1, 0.15) is 5.82 Å². The number of hydrogen-bond acceptors (Lipinski definition) is 4. The van der Waals surface area contributed by atoms with Crippen molar-refractivity contribution in [2.24, 2.45) is 5.73 Å². The first-order valence-electron chi connectivity index (χ1n) is 7.47. The zero-order valence-corrected chi connectivity index (χ0v) is 13.3. The van der Waals surface area contributed by atoms with Gasteiger partial charge in [0.2, 0.25) is 0 Å². The minimum atomic E-state index is 0.304. The predicted molar refractivity (Wildman–Crippen MR) is 87.9 cm³/mol. The van der Waals surface area contributed by atoms with Crippen LogP contribution in [0.15, 0.2) is 30.5 Å². The smallest absolute Gasteiger partial charge is 0.131 e. The van der Waals surface area contributed by atoms with Crippen molar-refractivity contribution in [1.29, 1.82) is 0 Å². The van der Waals surface area contributed by atoms with Crippen LogP contribution in [0.1, 0.15) is 43.8 Å². The predicted octanol–water partition coefficient (Wildman–Crippen LogP) is 3.53. The average Bonchev–Trinajstić information content (AvgIpc) is 2.49. The van der Waals surface area contributed by atoms with E-state index in [0.717, 1.165) is 23.8 Å². The second-order valence-electron chi connectivity index (χ2n) is 5.45. The van der Waals surface area contributed by atoms with E-state index in [2.05, 4.69) is 66.8 Å². The van der Waals surface area contributed by atoms with Gasteiger partial charge in [-0.25, -0.2) is 9.97 Å². The monoisotopic (exact) mass is 284 g/mol. The van der Waals surface area contributed by atoms with E-state index in [4.69, 9.17) is 5.73 Å². The molecule has 1 heterocycles. The fourth-order valence-electron chi connectivity index (χ4n) is 2.42. The lowest BCUT2D eigenvalue weighted by molar-refractivity contribution is 0.752. The van der Waals surface area contributed by atoms with Crippen molar-refractivity contribution in [2.45, 2.75) is 40.2 Å². The molecule has 0 aliphatic heterocycles. The Morgan fingerprint density at radius 3 is 2.48 bits per heavy atom. The Balaban J connectivity index is 2.50. The fourth-order valence-corrected chi connectivity index (χ4v) is 2.42. The Labute approximate surface area is 127 Å². The first-order chi connectivity index (χ1) is 10.1. The lowest BCUT2D eigenvalue weighted by Crippen LogP contribution is -2.21. The Bertz CT molecular complexity index is 607. The van der Waals surface area contributed by atoms with Crippen LogP contribution < -0.4 is 10.6 Å². The van der Waals surface area contributed by atoms with Gasteiger partial charge in [-0.2, -0.15) is 0 Å². The van der Waals surface area contributed by atoms with E-state index in [1.807, 2.05) is 6.20 Å².